The van der Waals surface area contributed by atoms with Gasteiger partial charge in [0, 0.05) is 12.3 Å². The molecule has 0 bridgehead atoms. The van der Waals surface area contributed by atoms with E-state index in [-0.39, 0.29) is 10.6 Å². The van der Waals surface area contributed by atoms with Gasteiger partial charge >= 0.3 is 0 Å². The third kappa shape index (κ3) is 3.06. The van der Waals surface area contributed by atoms with E-state index in [0.29, 0.717) is 6.73 Å². The predicted octanol–water partition coefficient (Wildman–Crippen LogP) is 2.83. The zero-order valence-corrected chi connectivity index (χ0v) is 11.8. The van der Waals surface area contributed by atoms with Crippen LogP contribution in [0.1, 0.15) is 20.8 Å². The van der Waals surface area contributed by atoms with Crippen molar-refractivity contribution in [3.05, 3.63) is 34.7 Å². The maximum Gasteiger partial charge on any atom is 0.252 e. The lowest BCUT2D eigenvalue weighted by Crippen LogP contribution is -2.42. The zero-order chi connectivity index (χ0) is 12.4. The van der Waals surface area contributed by atoms with Crippen LogP contribution in [0.3, 0.4) is 0 Å². The number of rotatable bonds is 3. The zero-order valence-electron chi connectivity index (χ0n) is 10.8. The van der Waals surface area contributed by atoms with Gasteiger partial charge in [0.05, 0.1) is 0 Å². The molecular weight excluding hydrogens is 218 g/mol. The Morgan fingerprint density at radius 3 is 2.44 bits per heavy atom. The number of nitrogens with zero attached hydrogens (tertiary/aromatic N) is 1. The van der Waals surface area contributed by atoms with Gasteiger partial charge in [0.15, 0.2) is 8.32 Å². The molecule has 0 aliphatic heterocycles. The average Bonchev–Trinajstić information content (AvgIpc) is 2.15. The molecule has 0 aliphatic carbocycles. The van der Waals surface area contributed by atoms with Crippen LogP contribution < -0.4 is 5.56 Å². The Kier molecular flexibility index (Phi) is 3.75. The van der Waals surface area contributed by atoms with Crippen LogP contribution in [0.15, 0.2) is 29.2 Å². The SMILES string of the molecule is CC(C)(C)[Si](C)(C)OCn1ccccc1=O. The van der Waals surface area contributed by atoms with Crippen LogP contribution >= 0.6 is 0 Å². The fourth-order valence-corrected chi connectivity index (χ4v) is 1.91. The van der Waals surface area contributed by atoms with Crippen molar-refractivity contribution in [1.29, 1.82) is 0 Å². The van der Waals surface area contributed by atoms with Crippen molar-refractivity contribution in [2.45, 2.75) is 45.6 Å². The average molecular weight is 239 g/mol. The Morgan fingerprint density at radius 2 is 1.94 bits per heavy atom. The molecule has 0 radical (unpaired) electrons. The van der Waals surface area contributed by atoms with E-state index >= 15 is 0 Å². The van der Waals surface area contributed by atoms with E-state index in [9.17, 15) is 4.79 Å². The van der Waals surface area contributed by atoms with Gasteiger partial charge in [-0.3, -0.25) is 9.36 Å². The summed E-state index contributed by atoms with van der Waals surface area (Å²) in [5.74, 6) is 0. The van der Waals surface area contributed by atoms with Crippen molar-refractivity contribution < 1.29 is 4.43 Å². The Balaban J connectivity index is 2.73. The normalized spacial score (nSPS) is 12.8. The van der Waals surface area contributed by atoms with E-state index in [0.717, 1.165) is 0 Å². The summed E-state index contributed by atoms with van der Waals surface area (Å²) in [7, 11) is -1.77. The second-order valence-electron chi connectivity index (χ2n) is 5.54. The molecule has 0 saturated heterocycles. The third-order valence-electron chi connectivity index (χ3n) is 3.27. The molecule has 4 heteroatoms. The topological polar surface area (TPSA) is 31.2 Å². The molecule has 1 heterocycles. The van der Waals surface area contributed by atoms with Crippen LogP contribution in [0.4, 0.5) is 0 Å². The molecule has 1 aromatic rings. The molecule has 90 valence electrons. The largest absolute Gasteiger partial charge is 0.399 e. The van der Waals surface area contributed by atoms with Gasteiger partial charge in [-0.15, -0.1) is 0 Å². The Morgan fingerprint density at radius 1 is 1.31 bits per heavy atom. The molecule has 1 aromatic heterocycles. The van der Waals surface area contributed by atoms with Crippen LogP contribution in [0.25, 0.3) is 0 Å². The molecule has 1 rings (SSSR count). The molecule has 0 spiro atoms. The monoisotopic (exact) mass is 239 g/mol. The summed E-state index contributed by atoms with van der Waals surface area (Å²) in [6.45, 7) is 11.3. The maximum atomic E-state index is 11.5. The molecule has 0 unspecified atom stereocenters. The predicted molar refractivity (Wildman–Crippen MR) is 69.0 cm³/mol. The fourth-order valence-electron chi connectivity index (χ4n) is 1.01. The first-order valence-corrected chi connectivity index (χ1v) is 8.44. The maximum absolute atomic E-state index is 11.5. The van der Waals surface area contributed by atoms with Crippen molar-refractivity contribution in [1.82, 2.24) is 4.57 Å². The van der Waals surface area contributed by atoms with Crippen molar-refractivity contribution >= 4 is 8.32 Å². The molecule has 0 N–H and O–H groups in total. The van der Waals surface area contributed by atoms with Crippen LogP contribution in [0.5, 0.6) is 0 Å². The summed E-state index contributed by atoms with van der Waals surface area (Å²) in [5, 5.41) is 0.172. The number of hydrogen-bond acceptors (Lipinski definition) is 2. The lowest BCUT2D eigenvalue weighted by molar-refractivity contribution is 0.209. The van der Waals surface area contributed by atoms with Crippen molar-refractivity contribution in [3.8, 4) is 0 Å². The molecule has 0 amide bonds. The minimum absolute atomic E-state index is 0.0128. The highest BCUT2D eigenvalue weighted by molar-refractivity contribution is 6.74. The first kappa shape index (κ1) is 13.2. The third-order valence-corrected chi connectivity index (χ3v) is 7.73. The molecule has 0 aliphatic rings. The lowest BCUT2D eigenvalue weighted by Gasteiger charge is -2.36. The highest BCUT2D eigenvalue weighted by Gasteiger charge is 2.37. The smallest absolute Gasteiger partial charge is 0.252 e. The number of aromatic nitrogens is 1. The summed E-state index contributed by atoms with van der Waals surface area (Å²) in [6, 6.07) is 5.14. The Hall–Kier alpha value is -0.873. The number of hydrogen-bond donors (Lipinski definition) is 0. The Bertz CT molecular complexity index is 404. The van der Waals surface area contributed by atoms with Crippen LogP contribution in [0, 0.1) is 0 Å². The van der Waals surface area contributed by atoms with E-state index in [1.165, 1.54) is 0 Å². The molecule has 3 nitrogen and oxygen atoms in total. The van der Waals surface area contributed by atoms with Gasteiger partial charge in [0.25, 0.3) is 5.56 Å². The van der Waals surface area contributed by atoms with E-state index < -0.39 is 8.32 Å². The molecule has 0 aromatic carbocycles. The van der Waals surface area contributed by atoms with E-state index in [1.54, 1.807) is 22.9 Å². The standard InChI is InChI=1S/C12H21NO2Si/c1-12(2,3)16(4,5)15-10-13-9-7-6-8-11(13)14/h6-9H,10H2,1-5H3. The molecule has 16 heavy (non-hydrogen) atoms. The quantitative estimate of drug-likeness (QED) is 0.760. The minimum atomic E-state index is -1.77. The van der Waals surface area contributed by atoms with Crippen molar-refractivity contribution in [3.63, 3.8) is 0 Å². The summed E-state index contributed by atoms with van der Waals surface area (Å²) in [5.41, 5.74) is -0.0128. The van der Waals surface area contributed by atoms with Gasteiger partial charge in [-0.1, -0.05) is 26.8 Å². The van der Waals surface area contributed by atoms with Gasteiger partial charge in [0.2, 0.25) is 0 Å². The molecule has 0 atom stereocenters. The fraction of sp³-hybridized carbons (Fsp3) is 0.583. The first-order chi connectivity index (χ1) is 7.24. The van der Waals surface area contributed by atoms with E-state index in [2.05, 4.69) is 33.9 Å². The summed E-state index contributed by atoms with van der Waals surface area (Å²) >= 11 is 0. The highest BCUT2D eigenvalue weighted by Crippen LogP contribution is 2.36. The van der Waals surface area contributed by atoms with Gasteiger partial charge in [0.1, 0.15) is 6.73 Å². The second-order valence-corrected chi connectivity index (χ2v) is 10.4. The van der Waals surface area contributed by atoms with E-state index in [1.807, 2.05) is 6.07 Å². The van der Waals surface area contributed by atoms with Gasteiger partial charge in [-0.2, -0.15) is 0 Å². The molecular formula is C12H21NO2Si. The lowest BCUT2D eigenvalue weighted by atomic mass is 10.2. The first-order valence-electron chi connectivity index (χ1n) is 5.53. The van der Waals surface area contributed by atoms with Crippen molar-refractivity contribution in [2.75, 3.05) is 0 Å². The molecule has 0 fully saturated rings. The van der Waals surface area contributed by atoms with Gasteiger partial charge in [-0.25, -0.2) is 0 Å². The van der Waals surface area contributed by atoms with Crippen molar-refractivity contribution in [2.24, 2.45) is 0 Å². The summed E-state index contributed by atoms with van der Waals surface area (Å²) in [4.78, 5) is 11.5. The Labute approximate surface area is 98.2 Å². The minimum Gasteiger partial charge on any atom is -0.399 e. The van der Waals surface area contributed by atoms with Gasteiger partial charge < -0.3 is 4.43 Å². The number of pyridine rings is 1. The van der Waals surface area contributed by atoms with Crippen LogP contribution in [-0.2, 0) is 11.2 Å². The highest BCUT2D eigenvalue weighted by atomic mass is 28.4. The summed E-state index contributed by atoms with van der Waals surface area (Å²) in [6.07, 6.45) is 1.76. The summed E-state index contributed by atoms with van der Waals surface area (Å²) < 4.78 is 7.56. The van der Waals surface area contributed by atoms with Crippen LogP contribution in [0.2, 0.25) is 18.1 Å². The van der Waals surface area contributed by atoms with Crippen LogP contribution in [-0.4, -0.2) is 12.9 Å². The second kappa shape index (κ2) is 4.55. The van der Waals surface area contributed by atoms with Gasteiger partial charge in [-0.05, 0) is 24.2 Å². The van der Waals surface area contributed by atoms with E-state index in [4.69, 9.17) is 4.43 Å². The molecule has 0 saturated carbocycles.